The lowest BCUT2D eigenvalue weighted by Gasteiger charge is -2.39. The van der Waals surface area contributed by atoms with E-state index in [1.54, 1.807) is 24.9 Å². The van der Waals surface area contributed by atoms with E-state index in [4.69, 9.17) is 9.26 Å². The van der Waals surface area contributed by atoms with E-state index in [1.807, 2.05) is 22.9 Å². The van der Waals surface area contributed by atoms with Gasteiger partial charge in [0.15, 0.2) is 5.82 Å². The van der Waals surface area contributed by atoms with Crippen LogP contribution in [0.15, 0.2) is 16.9 Å². The summed E-state index contributed by atoms with van der Waals surface area (Å²) in [4.78, 5) is 32.8. The Kier molecular flexibility index (Phi) is 6.97. The molecule has 0 saturated carbocycles. The van der Waals surface area contributed by atoms with E-state index in [9.17, 15) is 9.59 Å². The van der Waals surface area contributed by atoms with Crippen LogP contribution in [0.5, 0.6) is 0 Å². The molecule has 1 atom stereocenters. The highest BCUT2D eigenvalue weighted by Crippen LogP contribution is 2.17. The predicted molar refractivity (Wildman–Crippen MR) is 103 cm³/mol. The fraction of sp³-hybridized carbons (Fsp3) is 0.632. The van der Waals surface area contributed by atoms with Gasteiger partial charge in [-0.3, -0.25) is 14.3 Å². The fourth-order valence-corrected chi connectivity index (χ4v) is 3.62. The van der Waals surface area contributed by atoms with Gasteiger partial charge in [-0.25, -0.2) is 0 Å². The summed E-state index contributed by atoms with van der Waals surface area (Å²) in [5.41, 5.74) is 1.02. The van der Waals surface area contributed by atoms with Crippen molar-refractivity contribution in [2.24, 2.45) is 0 Å². The van der Waals surface area contributed by atoms with Crippen LogP contribution in [-0.2, 0) is 33.9 Å². The Balaban J connectivity index is 1.57. The maximum absolute atomic E-state index is 12.7. The summed E-state index contributed by atoms with van der Waals surface area (Å²) < 4.78 is 11.7. The van der Waals surface area contributed by atoms with E-state index in [1.165, 1.54) is 0 Å². The SMILES string of the molecule is COCc1nc(CCN(C(C)=O)C2CCCN(C(=O)Cn3cc(C)cn3)C2)no1. The molecule has 158 valence electrons. The Labute approximate surface area is 169 Å². The molecule has 2 amide bonds. The van der Waals surface area contributed by atoms with Gasteiger partial charge in [0.05, 0.1) is 6.20 Å². The first kappa shape index (κ1) is 21.0. The Morgan fingerprint density at radius 1 is 1.41 bits per heavy atom. The quantitative estimate of drug-likeness (QED) is 0.641. The van der Waals surface area contributed by atoms with E-state index >= 15 is 0 Å². The van der Waals surface area contributed by atoms with Gasteiger partial charge in [0.1, 0.15) is 13.2 Å². The van der Waals surface area contributed by atoms with Gasteiger partial charge >= 0.3 is 0 Å². The number of hydrogen-bond donors (Lipinski definition) is 0. The zero-order valence-electron chi connectivity index (χ0n) is 17.2. The number of ether oxygens (including phenoxy) is 1. The van der Waals surface area contributed by atoms with Crippen molar-refractivity contribution in [3.05, 3.63) is 29.7 Å². The summed E-state index contributed by atoms with van der Waals surface area (Å²) in [5, 5.41) is 8.11. The smallest absolute Gasteiger partial charge is 0.252 e. The molecule has 1 fully saturated rings. The molecule has 1 aliphatic rings. The minimum Gasteiger partial charge on any atom is -0.375 e. The Morgan fingerprint density at radius 3 is 2.93 bits per heavy atom. The van der Waals surface area contributed by atoms with Crippen LogP contribution < -0.4 is 0 Å². The minimum absolute atomic E-state index is 0.0173. The van der Waals surface area contributed by atoms with Crippen LogP contribution in [0.2, 0.25) is 0 Å². The van der Waals surface area contributed by atoms with Crippen molar-refractivity contribution in [1.82, 2.24) is 29.7 Å². The summed E-state index contributed by atoms with van der Waals surface area (Å²) >= 11 is 0. The molecule has 2 aromatic heterocycles. The highest BCUT2D eigenvalue weighted by atomic mass is 16.5. The average Bonchev–Trinajstić information content (AvgIpc) is 3.31. The van der Waals surface area contributed by atoms with E-state index in [-0.39, 0.29) is 31.0 Å². The maximum atomic E-state index is 12.7. The molecule has 0 bridgehead atoms. The first-order chi connectivity index (χ1) is 14.0. The van der Waals surface area contributed by atoms with Crippen molar-refractivity contribution in [2.75, 3.05) is 26.7 Å². The number of likely N-dealkylation sites (tertiary alicyclic amines) is 1. The summed E-state index contributed by atoms with van der Waals surface area (Å²) in [6.07, 6.45) is 5.80. The van der Waals surface area contributed by atoms with Gasteiger partial charge in [-0.15, -0.1) is 0 Å². The second kappa shape index (κ2) is 9.64. The third-order valence-electron chi connectivity index (χ3n) is 5.01. The molecule has 1 saturated heterocycles. The Hall–Kier alpha value is -2.75. The number of carbonyl (C=O) groups is 2. The van der Waals surface area contributed by atoms with Crippen LogP contribution in [0, 0.1) is 6.92 Å². The van der Waals surface area contributed by atoms with Crippen LogP contribution in [-0.4, -0.2) is 74.3 Å². The molecule has 0 aromatic carbocycles. The third-order valence-corrected chi connectivity index (χ3v) is 5.01. The molecule has 3 rings (SSSR count). The number of hydrogen-bond acceptors (Lipinski definition) is 7. The maximum Gasteiger partial charge on any atom is 0.252 e. The number of nitrogens with zero attached hydrogens (tertiary/aromatic N) is 6. The van der Waals surface area contributed by atoms with Gasteiger partial charge in [-0.1, -0.05) is 5.16 Å². The largest absolute Gasteiger partial charge is 0.375 e. The molecule has 3 heterocycles. The van der Waals surface area contributed by atoms with Crippen LogP contribution in [0.1, 0.15) is 37.0 Å². The molecule has 10 nitrogen and oxygen atoms in total. The number of methoxy groups -OCH3 is 1. The monoisotopic (exact) mass is 404 g/mol. The third kappa shape index (κ3) is 5.63. The molecule has 0 aliphatic carbocycles. The summed E-state index contributed by atoms with van der Waals surface area (Å²) in [7, 11) is 1.56. The first-order valence-electron chi connectivity index (χ1n) is 9.80. The highest BCUT2D eigenvalue weighted by molar-refractivity contribution is 5.76. The highest BCUT2D eigenvalue weighted by Gasteiger charge is 2.29. The summed E-state index contributed by atoms with van der Waals surface area (Å²) in [6.45, 7) is 5.68. The van der Waals surface area contributed by atoms with Gasteiger partial charge < -0.3 is 19.1 Å². The van der Waals surface area contributed by atoms with Gasteiger partial charge in [0.2, 0.25) is 11.8 Å². The van der Waals surface area contributed by atoms with E-state index in [2.05, 4.69) is 15.2 Å². The number of carbonyl (C=O) groups excluding carboxylic acids is 2. The van der Waals surface area contributed by atoms with Crippen LogP contribution in [0.25, 0.3) is 0 Å². The summed E-state index contributed by atoms with van der Waals surface area (Å²) in [5.74, 6) is 0.956. The van der Waals surface area contributed by atoms with Crippen molar-refractivity contribution in [3.63, 3.8) is 0 Å². The molecular formula is C19H28N6O4. The molecule has 0 N–H and O–H groups in total. The fourth-order valence-electron chi connectivity index (χ4n) is 3.62. The van der Waals surface area contributed by atoms with Crippen molar-refractivity contribution >= 4 is 11.8 Å². The van der Waals surface area contributed by atoms with Crippen molar-refractivity contribution in [3.8, 4) is 0 Å². The number of rotatable bonds is 8. The molecular weight excluding hydrogens is 376 g/mol. The topological polar surface area (TPSA) is 107 Å². The van der Waals surface area contributed by atoms with Gasteiger partial charge in [0, 0.05) is 52.3 Å². The van der Waals surface area contributed by atoms with Gasteiger partial charge in [-0.05, 0) is 25.3 Å². The average molecular weight is 404 g/mol. The Bertz CT molecular complexity index is 832. The minimum atomic E-state index is -0.0207. The molecule has 0 radical (unpaired) electrons. The molecule has 29 heavy (non-hydrogen) atoms. The number of amides is 2. The predicted octanol–water partition coefficient (Wildman–Crippen LogP) is 0.803. The van der Waals surface area contributed by atoms with Crippen LogP contribution in [0.3, 0.4) is 0 Å². The lowest BCUT2D eigenvalue weighted by atomic mass is 10.0. The second-order valence-electron chi connectivity index (χ2n) is 7.35. The number of aryl methyl sites for hydroxylation is 1. The molecule has 10 heteroatoms. The van der Waals surface area contributed by atoms with Gasteiger partial charge in [0.25, 0.3) is 5.89 Å². The lowest BCUT2D eigenvalue weighted by Crippen LogP contribution is -2.52. The molecule has 2 aromatic rings. The summed E-state index contributed by atoms with van der Waals surface area (Å²) in [6, 6.07) is -0.0186. The molecule has 1 unspecified atom stereocenters. The second-order valence-corrected chi connectivity index (χ2v) is 7.35. The normalized spacial score (nSPS) is 16.8. The van der Waals surface area contributed by atoms with Crippen molar-refractivity contribution < 1.29 is 18.8 Å². The zero-order chi connectivity index (χ0) is 20.8. The number of piperidine rings is 1. The van der Waals surface area contributed by atoms with Crippen LogP contribution >= 0.6 is 0 Å². The molecule has 1 aliphatic heterocycles. The molecule has 0 spiro atoms. The Morgan fingerprint density at radius 2 is 2.24 bits per heavy atom. The number of aromatic nitrogens is 4. The van der Waals surface area contributed by atoms with Crippen molar-refractivity contribution in [1.29, 1.82) is 0 Å². The standard InChI is InChI=1S/C19H28N6O4/c1-14-9-20-24(10-14)12-19(27)23-7-4-5-16(11-23)25(15(2)26)8-6-17-21-18(13-28-3)29-22-17/h9-10,16H,4-8,11-13H2,1-3H3. The lowest BCUT2D eigenvalue weighted by molar-refractivity contribution is -0.139. The van der Waals surface area contributed by atoms with E-state index < -0.39 is 0 Å². The zero-order valence-corrected chi connectivity index (χ0v) is 17.2. The first-order valence-corrected chi connectivity index (χ1v) is 9.80. The van der Waals surface area contributed by atoms with Crippen LogP contribution in [0.4, 0.5) is 0 Å². The van der Waals surface area contributed by atoms with Gasteiger partial charge in [-0.2, -0.15) is 10.1 Å². The van der Waals surface area contributed by atoms with E-state index in [0.717, 1.165) is 18.4 Å². The van der Waals surface area contributed by atoms with E-state index in [0.29, 0.717) is 37.8 Å². The van der Waals surface area contributed by atoms with Crippen molar-refractivity contribution in [2.45, 2.75) is 52.3 Å².